The summed E-state index contributed by atoms with van der Waals surface area (Å²) in [6.45, 7) is 0.747. The minimum Gasteiger partial charge on any atom is -0.481 e. The molecule has 1 fully saturated rings. The van der Waals surface area contributed by atoms with Gasteiger partial charge in [0.25, 0.3) is 5.91 Å². The predicted octanol–water partition coefficient (Wildman–Crippen LogP) is 1.21. The minimum absolute atomic E-state index is 0.198. The fraction of sp³-hybridized carbons (Fsp3) is 0.400. The summed E-state index contributed by atoms with van der Waals surface area (Å²) in [4.78, 5) is 26.9. The number of aromatic amines is 1. The van der Waals surface area contributed by atoms with Crippen molar-refractivity contribution in [2.75, 3.05) is 13.1 Å². The van der Waals surface area contributed by atoms with Crippen LogP contribution < -0.4 is 0 Å². The van der Waals surface area contributed by atoms with Crippen molar-refractivity contribution < 1.29 is 14.7 Å². The molecule has 0 spiro atoms. The number of nitrogens with zero attached hydrogens (tertiary/aromatic N) is 1. The van der Waals surface area contributed by atoms with Gasteiger partial charge in [-0.3, -0.25) is 9.59 Å². The lowest BCUT2D eigenvalue weighted by Gasteiger charge is -2.14. The van der Waals surface area contributed by atoms with E-state index >= 15 is 0 Å². The Hall–Kier alpha value is -1.49. The number of hydrogen-bond donors (Lipinski definition) is 2. The van der Waals surface area contributed by atoms with Gasteiger partial charge in [0.05, 0.1) is 10.9 Å². The molecule has 1 unspecified atom stereocenters. The highest BCUT2D eigenvalue weighted by molar-refractivity contribution is 6.30. The summed E-state index contributed by atoms with van der Waals surface area (Å²) in [7, 11) is 0. The molecule has 1 aliphatic rings. The maximum Gasteiger partial charge on any atom is 0.308 e. The van der Waals surface area contributed by atoms with Gasteiger partial charge in [0.2, 0.25) is 0 Å². The van der Waals surface area contributed by atoms with Gasteiger partial charge in [-0.05, 0) is 12.5 Å². The number of nitrogens with one attached hydrogen (secondary N) is 1. The molecule has 1 amide bonds. The zero-order valence-corrected chi connectivity index (χ0v) is 9.20. The van der Waals surface area contributed by atoms with Crippen LogP contribution in [0, 0.1) is 5.92 Å². The van der Waals surface area contributed by atoms with Crippen molar-refractivity contribution in [1.29, 1.82) is 0 Å². The first-order valence-electron chi connectivity index (χ1n) is 4.94. The Morgan fingerprint density at radius 1 is 1.56 bits per heavy atom. The monoisotopic (exact) mass is 242 g/mol. The molecule has 2 N–H and O–H groups in total. The topological polar surface area (TPSA) is 73.4 Å². The number of H-pyrrole nitrogens is 1. The van der Waals surface area contributed by atoms with E-state index < -0.39 is 11.9 Å². The predicted molar refractivity (Wildman–Crippen MR) is 57.4 cm³/mol. The number of carboxylic acid groups (broad SMARTS) is 1. The second-order valence-corrected chi connectivity index (χ2v) is 4.24. The van der Waals surface area contributed by atoms with Crippen molar-refractivity contribution in [3.63, 3.8) is 0 Å². The van der Waals surface area contributed by atoms with Crippen molar-refractivity contribution in [2.24, 2.45) is 5.92 Å². The number of carbonyl (C=O) groups is 2. The molecule has 0 aromatic carbocycles. The second kappa shape index (κ2) is 4.17. The molecule has 1 aliphatic heterocycles. The first kappa shape index (κ1) is 11.0. The third-order valence-corrected chi connectivity index (χ3v) is 2.92. The Labute approximate surface area is 97.0 Å². The first-order valence-corrected chi connectivity index (χ1v) is 5.31. The molecular weight excluding hydrogens is 232 g/mol. The maximum absolute atomic E-state index is 11.9. The summed E-state index contributed by atoms with van der Waals surface area (Å²) >= 11 is 5.69. The maximum atomic E-state index is 11.9. The number of carbonyl (C=O) groups excluding carboxylic acids is 1. The Morgan fingerprint density at radius 2 is 2.31 bits per heavy atom. The third-order valence-electron chi connectivity index (χ3n) is 2.70. The van der Waals surface area contributed by atoms with Crippen LogP contribution in [0.3, 0.4) is 0 Å². The van der Waals surface area contributed by atoms with Gasteiger partial charge in [0.15, 0.2) is 0 Å². The van der Waals surface area contributed by atoms with Gasteiger partial charge in [0.1, 0.15) is 5.69 Å². The van der Waals surface area contributed by atoms with Crippen LogP contribution in [0.4, 0.5) is 0 Å². The zero-order chi connectivity index (χ0) is 11.7. The van der Waals surface area contributed by atoms with Crippen LogP contribution in [0.5, 0.6) is 0 Å². The lowest BCUT2D eigenvalue weighted by molar-refractivity contribution is -0.141. The van der Waals surface area contributed by atoms with E-state index in [2.05, 4.69) is 4.98 Å². The normalized spacial score (nSPS) is 20.1. The quantitative estimate of drug-likeness (QED) is 0.819. The Kier molecular flexibility index (Phi) is 2.87. The number of aromatic nitrogens is 1. The van der Waals surface area contributed by atoms with Crippen LogP contribution >= 0.6 is 11.6 Å². The van der Waals surface area contributed by atoms with Crippen LogP contribution in [0.1, 0.15) is 16.9 Å². The molecule has 0 bridgehead atoms. The van der Waals surface area contributed by atoms with Gasteiger partial charge in [-0.25, -0.2) is 0 Å². The van der Waals surface area contributed by atoms with E-state index in [0.717, 1.165) is 0 Å². The van der Waals surface area contributed by atoms with E-state index in [4.69, 9.17) is 16.7 Å². The molecule has 86 valence electrons. The lowest BCUT2D eigenvalue weighted by atomic mass is 10.1. The molecule has 16 heavy (non-hydrogen) atoms. The molecular formula is C10H11ClN2O3. The standard InChI is InChI=1S/C10H11ClN2O3/c11-7-3-8(12-4-7)9(14)13-2-1-6(5-13)10(15)16/h3-4,6,12H,1-2,5H2,(H,15,16). The van der Waals surface area contributed by atoms with Gasteiger partial charge >= 0.3 is 5.97 Å². The summed E-state index contributed by atoms with van der Waals surface area (Å²) in [5.41, 5.74) is 0.399. The summed E-state index contributed by atoms with van der Waals surface area (Å²) in [6, 6.07) is 1.54. The molecule has 1 atom stereocenters. The number of hydrogen-bond acceptors (Lipinski definition) is 2. The van der Waals surface area contributed by atoms with Crippen LogP contribution in [-0.2, 0) is 4.79 Å². The number of amides is 1. The molecule has 1 aromatic heterocycles. The van der Waals surface area contributed by atoms with Gasteiger partial charge in [0, 0.05) is 19.3 Å². The van der Waals surface area contributed by atoms with Crippen LogP contribution in [-0.4, -0.2) is 40.0 Å². The summed E-state index contributed by atoms with van der Waals surface area (Å²) in [6.07, 6.45) is 2.04. The number of halogens is 1. The number of likely N-dealkylation sites (tertiary alicyclic amines) is 1. The SMILES string of the molecule is O=C(O)C1CCN(C(=O)c2cc(Cl)c[nH]2)C1. The summed E-state index contributed by atoms with van der Waals surface area (Å²) in [5, 5.41) is 9.29. The number of carboxylic acids is 1. The highest BCUT2D eigenvalue weighted by atomic mass is 35.5. The number of rotatable bonds is 2. The molecule has 0 saturated carbocycles. The van der Waals surface area contributed by atoms with E-state index in [1.165, 1.54) is 17.2 Å². The van der Waals surface area contributed by atoms with E-state index in [1.54, 1.807) is 0 Å². The van der Waals surface area contributed by atoms with Gasteiger partial charge < -0.3 is 15.0 Å². The smallest absolute Gasteiger partial charge is 0.308 e. The van der Waals surface area contributed by atoms with Crippen molar-refractivity contribution in [3.05, 3.63) is 23.0 Å². The Morgan fingerprint density at radius 3 is 2.81 bits per heavy atom. The molecule has 1 saturated heterocycles. The van der Waals surface area contributed by atoms with Crippen molar-refractivity contribution >= 4 is 23.5 Å². The van der Waals surface area contributed by atoms with E-state index in [1.807, 2.05) is 0 Å². The van der Waals surface area contributed by atoms with Crippen LogP contribution in [0.2, 0.25) is 5.02 Å². The summed E-state index contributed by atoms with van der Waals surface area (Å²) < 4.78 is 0. The molecule has 1 aromatic rings. The second-order valence-electron chi connectivity index (χ2n) is 3.81. The average Bonchev–Trinajstić information content (AvgIpc) is 2.84. The van der Waals surface area contributed by atoms with E-state index in [-0.39, 0.29) is 12.5 Å². The van der Waals surface area contributed by atoms with Crippen LogP contribution in [0.25, 0.3) is 0 Å². The van der Waals surface area contributed by atoms with Crippen molar-refractivity contribution in [1.82, 2.24) is 9.88 Å². The average molecular weight is 243 g/mol. The molecule has 0 radical (unpaired) electrons. The molecule has 2 rings (SSSR count). The van der Waals surface area contributed by atoms with Gasteiger partial charge in [-0.2, -0.15) is 0 Å². The fourth-order valence-electron chi connectivity index (χ4n) is 1.81. The minimum atomic E-state index is -0.847. The van der Waals surface area contributed by atoms with Gasteiger partial charge in [-0.1, -0.05) is 11.6 Å². The third kappa shape index (κ3) is 2.04. The highest BCUT2D eigenvalue weighted by Crippen LogP contribution is 2.19. The van der Waals surface area contributed by atoms with E-state index in [0.29, 0.717) is 23.7 Å². The zero-order valence-electron chi connectivity index (χ0n) is 8.44. The highest BCUT2D eigenvalue weighted by Gasteiger charge is 2.31. The van der Waals surface area contributed by atoms with Crippen molar-refractivity contribution in [2.45, 2.75) is 6.42 Å². The Bertz CT molecular complexity index is 429. The van der Waals surface area contributed by atoms with Gasteiger partial charge in [-0.15, -0.1) is 0 Å². The molecule has 0 aliphatic carbocycles. The van der Waals surface area contributed by atoms with Crippen LogP contribution in [0.15, 0.2) is 12.3 Å². The first-order chi connectivity index (χ1) is 7.58. The lowest BCUT2D eigenvalue weighted by Crippen LogP contribution is -2.30. The van der Waals surface area contributed by atoms with E-state index in [9.17, 15) is 9.59 Å². The Balaban J connectivity index is 2.05. The largest absolute Gasteiger partial charge is 0.481 e. The molecule has 6 heteroatoms. The fourth-order valence-corrected chi connectivity index (χ4v) is 1.97. The number of aliphatic carboxylic acids is 1. The molecule has 5 nitrogen and oxygen atoms in total. The van der Waals surface area contributed by atoms with Crippen molar-refractivity contribution in [3.8, 4) is 0 Å². The molecule has 2 heterocycles. The summed E-state index contributed by atoms with van der Waals surface area (Å²) in [5.74, 6) is -1.50.